The number of nitrogens with one attached hydrogen (secondary N) is 1. The second-order valence-electron chi connectivity index (χ2n) is 3.51. The molecular formula is C10H11N5. The third-order valence-electron chi connectivity index (χ3n) is 2.50. The summed E-state index contributed by atoms with van der Waals surface area (Å²) in [6.45, 7) is 2.79. The van der Waals surface area contributed by atoms with E-state index in [0.717, 1.165) is 31.0 Å². The Hall–Kier alpha value is -1.75. The van der Waals surface area contributed by atoms with Crippen molar-refractivity contribution >= 4 is 0 Å². The largest absolute Gasteiger partial charge is 0.309 e. The van der Waals surface area contributed by atoms with E-state index in [0.29, 0.717) is 0 Å². The van der Waals surface area contributed by atoms with Gasteiger partial charge in [0, 0.05) is 25.5 Å². The Morgan fingerprint density at radius 2 is 2.27 bits per heavy atom. The Bertz CT molecular complexity index is 438. The Balaban J connectivity index is 2.03. The molecule has 5 heteroatoms. The van der Waals surface area contributed by atoms with E-state index in [1.807, 2.05) is 4.68 Å². The van der Waals surface area contributed by atoms with Gasteiger partial charge < -0.3 is 5.32 Å². The van der Waals surface area contributed by atoms with Gasteiger partial charge in [0.05, 0.1) is 18.4 Å². The zero-order valence-corrected chi connectivity index (χ0v) is 8.22. The van der Waals surface area contributed by atoms with E-state index < -0.39 is 0 Å². The molecule has 0 aliphatic carbocycles. The van der Waals surface area contributed by atoms with Crippen molar-refractivity contribution in [3.05, 3.63) is 30.4 Å². The van der Waals surface area contributed by atoms with Gasteiger partial charge in [0.15, 0.2) is 0 Å². The van der Waals surface area contributed by atoms with Crippen molar-refractivity contribution in [3.8, 4) is 11.4 Å². The van der Waals surface area contributed by atoms with Gasteiger partial charge in [-0.15, -0.1) is 0 Å². The van der Waals surface area contributed by atoms with Crippen LogP contribution in [0.3, 0.4) is 0 Å². The zero-order valence-electron chi connectivity index (χ0n) is 8.22. The van der Waals surface area contributed by atoms with Gasteiger partial charge in [-0.3, -0.25) is 14.6 Å². The highest BCUT2D eigenvalue weighted by Crippen LogP contribution is 2.16. The lowest BCUT2D eigenvalue weighted by Crippen LogP contribution is -2.28. The third kappa shape index (κ3) is 1.50. The minimum Gasteiger partial charge on any atom is -0.309 e. The predicted molar refractivity (Wildman–Crippen MR) is 55.0 cm³/mol. The maximum atomic E-state index is 4.50. The lowest BCUT2D eigenvalue weighted by Gasteiger charge is -2.13. The van der Waals surface area contributed by atoms with Crippen molar-refractivity contribution in [2.24, 2.45) is 0 Å². The average molecular weight is 201 g/mol. The molecule has 0 aromatic carbocycles. The quantitative estimate of drug-likeness (QED) is 0.727. The van der Waals surface area contributed by atoms with Gasteiger partial charge in [0.2, 0.25) is 0 Å². The lowest BCUT2D eigenvalue weighted by molar-refractivity contribution is 0.476. The van der Waals surface area contributed by atoms with Crippen LogP contribution in [0.25, 0.3) is 11.4 Å². The number of hydrogen-bond donors (Lipinski definition) is 1. The summed E-state index contributed by atoms with van der Waals surface area (Å²) in [4.78, 5) is 8.27. The highest BCUT2D eigenvalue weighted by molar-refractivity contribution is 5.52. The number of rotatable bonds is 1. The standard InChI is InChI=1S/C10H11N5/c1-2-13-10(7-11-1)9-5-8-6-12-3-4-15(8)14-9/h1-2,5,7,12H,3-4,6H2. The molecule has 0 saturated heterocycles. The van der Waals surface area contributed by atoms with E-state index in [1.54, 1.807) is 18.6 Å². The molecule has 0 bridgehead atoms. The van der Waals surface area contributed by atoms with Crippen molar-refractivity contribution in [2.75, 3.05) is 6.54 Å². The molecule has 2 aromatic heterocycles. The number of aromatic nitrogens is 4. The van der Waals surface area contributed by atoms with Gasteiger partial charge >= 0.3 is 0 Å². The molecule has 0 saturated carbocycles. The molecule has 5 nitrogen and oxygen atoms in total. The fraction of sp³-hybridized carbons (Fsp3) is 0.300. The number of hydrogen-bond acceptors (Lipinski definition) is 4. The highest BCUT2D eigenvalue weighted by Gasteiger charge is 2.12. The minimum absolute atomic E-state index is 0.833. The van der Waals surface area contributed by atoms with Crippen LogP contribution >= 0.6 is 0 Å². The van der Waals surface area contributed by atoms with E-state index in [4.69, 9.17) is 0 Å². The molecule has 2 aromatic rings. The van der Waals surface area contributed by atoms with Crippen LogP contribution in [-0.4, -0.2) is 26.3 Å². The van der Waals surface area contributed by atoms with E-state index >= 15 is 0 Å². The summed E-state index contributed by atoms with van der Waals surface area (Å²) in [5, 5.41) is 7.80. The van der Waals surface area contributed by atoms with Crippen molar-refractivity contribution in [2.45, 2.75) is 13.1 Å². The first-order valence-corrected chi connectivity index (χ1v) is 4.97. The second kappa shape index (κ2) is 3.43. The maximum absolute atomic E-state index is 4.50. The van der Waals surface area contributed by atoms with Gasteiger partial charge in [-0.2, -0.15) is 5.10 Å². The summed E-state index contributed by atoms with van der Waals surface area (Å²) in [5.41, 5.74) is 2.95. The molecule has 1 N–H and O–H groups in total. The summed E-state index contributed by atoms with van der Waals surface area (Å²) in [5.74, 6) is 0. The fourth-order valence-electron chi connectivity index (χ4n) is 1.75. The Morgan fingerprint density at radius 3 is 3.07 bits per heavy atom. The van der Waals surface area contributed by atoms with Crippen LogP contribution in [0.15, 0.2) is 24.7 Å². The molecule has 1 aliphatic rings. The molecule has 0 radical (unpaired) electrons. The molecule has 0 amide bonds. The first-order chi connectivity index (χ1) is 7.43. The Kier molecular flexibility index (Phi) is 1.96. The Morgan fingerprint density at radius 1 is 1.27 bits per heavy atom. The topological polar surface area (TPSA) is 55.6 Å². The average Bonchev–Trinajstić information content (AvgIpc) is 2.74. The smallest absolute Gasteiger partial charge is 0.113 e. The van der Waals surface area contributed by atoms with Gasteiger partial charge in [0.25, 0.3) is 0 Å². The predicted octanol–water partition coefficient (Wildman–Crippen LogP) is 0.443. The normalized spacial score (nSPS) is 14.9. The van der Waals surface area contributed by atoms with Crippen molar-refractivity contribution in [3.63, 3.8) is 0 Å². The molecule has 76 valence electrons. The van der Waals surface area contributed by atoms with Crippen LogP contribution in [-0.2, 0) is 13.1 Å². The van der Waals surface area contributed by atoms with E-state index in [2.05, 4.69) is 26.4 Å². The third-order valence-corrected chi connectivity index (χ3v) is 2.50. The summed E-state index contributed by atoms with van der Waals surface area (Å²) in [6, 6.07) is 2.07. The van der Waals surface area contributed by atoms with Crippen molar-refractivity contribution in [1.82, 2.24) is 25.1 Å². The van der Waals surface area contributed by atoms with Crippen molar-refractivity contribution < 1.29 is 0 Å². The van der Waals surface area contributed by atoms with Gasteiger partial charge in [0.1, 0.15) is 11.4 Å². The zero-order chi connectivity index (χ0) is 10.1. The molecule has 0 atom stereocenters. The maximum Gasteiger partial charge on any atom is 0.113 e. The fourth-order valence-corrected chi connectivity index (χ4v) is 1.75. The van der Waals surface area contributed by atoms with E-state index in [-0.39, 0.29) is 0 Å². The lowest BCUT2D eigenvalue weighted by atomic mass is 10.3. The highest BCUT2D eigenvalue weighted by atomic mass is 15.3. The molecular weight excluding hydrogens is 190 g/mol. The molecule has 3 rings (SSSR count). The molecule has 0 fully saturated rings. The van der Waals surface area contributed by atoms with Gasteiger partial charge in [-0.05, 0) is 6.07 Å². The Labute approximate surface area is 87.2 Å². The van der Waals surface area contributed by atoms with Crippen LogP contribution in [0.1, 0.15) is 5.69 Å². The van der Waals surface area contributed by atoms with Crippen molar-refractivity contribution in [1.29, 1.82) is 0 Å². The van der Waals surface area contributed by atoms with Gasteiger partial charge in [-0.1, -0.05) is 0 Å². The van der Waals surface area contributed by atoms with Crippen LogP contribution in [0, 0.1) is 0 Å². The molecule has 0 unspecified atom stereocenters. The molecule has 0 spiro atoms. The molecule has 3 heterocycles. The second-order valence-corrected chi connectivity index (χ2v) is 3.51. The summed E-state index contributed by atoms with van der Waals surface area (Å²) >= 11 is 0. The first kappa shape index (κ1) is 8.55. The van der Waals surface area contributed by atoms with Crippen LogP contribution < -0.4 is 5.32 Å². The molecule has 15 heavy (non-hydrogen) atoms. The van der Waals surface area contributed by atoms with Crippen LogP contribution in [0.4, 0.5) is 0 Å². The summed E-state index contributed by atoms with van der Waals surface area (Å²) in [7, 11) is 0. The van der Waals surface area contributed by atoms with Gasteiger partial charge in [-0.25, -0.2) is 0 Å². The summed E-state index contributed by atoms with van der Waals surface area (Å²) < 4.78 is 2.03. The van der Waals surface area contributed by atoms with Crippen LogP contribution in [0.5, 0.6) is 0 Å². The SMILES string of the molecule is c1cnc(-c2cc3n(n2)CCNC3)cn1. The minimum atomic E-state index is 0.833. The first-order valence-electron chi connectivity index (χ1n) is 4.97. The van der Waals surface area contributed by atoms with E-state index in [1.165, 1.54) is 5.69 Å². The summed E-state index contributed by atoms with van der Waals surface area (Å²) in [6.07, 6.45) is 5.09. The molecule has 1 aliphatic heterocycles. The van der Waals surface area contributed by atoms with Crippen LogP contribution in [0.2, 0.25) is 0 Å². The monoisotopic (exact) mass is 201 g/mol. The number of nitrogens with zero attached hydrogens (tertiary/aromatic N) is 4. The number of fused-ring (bicyclic) bond motifs is 1. The van der Waals surface area contributed by atoms with E-state index in [9.17, 15) is 0 Å².